The number of carbonyl (C=O) groups is 4. The van der Waals surface area contributed by atoms with Gasteiger partial charge in [-0.1, -0.05) is 12.8 Å². The SMILES string of the molecule is CC(=O)[C@H]1CCC[C@]2(CCN(c3cc(F)cc(F)c3)C2=O)C1.CCOC(=O)[C@]1(CCNc2cc(F)cc(F)c2)CCC[C@@H](C(C)=O)C1. The van der Waals surface area contributed by atoms with Gasteiger partial charge in [0.1, 0.15) is 34.8 Å². The van der Waals surface area contributed by atoms with Gasteiger partial charge in [-0.15, -0.1) is 0 Å². The molecule has 256 valence electrons. The van der Waals surface area contributed by atoms with Gasteiger partial charge in [-0.05, 0) is 96.4 Å². The smallest absolute Gasteiger partial charge is 0.312 e. The molecule has 11 heteroatoms. The van der Waals surface area contributed by atoms with E-state index in [2.05, 4.69) is 5.32 Å². The number of hydrogen-bond acceptors (Lipinski definition) is 6. The number of ketones is 2. The predicted octanol–water partition coefficient (Wildman–Crippen LogP) is 7.56. The second-order valence-corrected chi connectivity index (χ2v) is 13.3. The highest BCUT2D eigenvalue weighted by molar-refractivity contribution is 6.00. The molecule has 3 aliphatic rings. The molecule has 0 unspecified atom stereocenters. The van der Waals surface area contributed by atoms with Gasteiger partial charge in [0, 0.05) is 48.4 Å². The van der Waals surface area contributed by atoms with E-state index in [1.807, 2.05) is 0 Å². The molecule has 2 aromatic carbocycles. The molecular weight excluding hydrogens is 616 g/mol. The summed E-state index contributed by atoms with van der Waals surface area (Å²) in [5.41, 5.74) is -0.652. The number of hydrogen-bond donors (Lipinski definition) is 1. The molecule has 4 atom stereocenters. The number of carbonyl (C=O) groups excluding carboxylic acids is 4. The lowest BCUT2D eigenvalue weighted by Gasteiger charge is -2.38. The minimum Gasteiger partial charge on any atom is -0.466 e. The van der Waals surface area contributed by atoms with Crippen LogP contribution in [0.1, 0.15) is 85.0 Å². The highest BCUT2D eigenvalue weighted by Crippen LogP contribution is 2.48. The maximum absolute atomic E-state index is 13.4. The van der Waals surface area contributed by atoms with E-state index >= 15 is 0 Å². The fourth-order valence-electron chi connectivity index (χ4n) is 7.50. The number of nitrogens with one attached hydrogen (secondary N) is 1. The van der Waals surface area contributed by atoms with Crippen LogP contribution in [-0.4, -0.2) is 43.1 Å². The number of nitrogens with zero attached hydrogens (tertiary/aromatic N) is 1. The Kier molecular flexibility index (Phi) is 11.8. The first kappa shape index (κ1) is 36.1. The van der Waals surface area contributed by atoms with Crippen molar-refractivity contribution >= 4 is 34.8 Å². The number of halogens is 4. The molecule has 2 aliphatic carbocycles. The Morgan fingerprint density at radius 2 is 1.38 bits per heavy atom. The maximum atomic E-state index is 13.4. The van der Waals surface area contributed by atoms with Gasteiger partial charge in [0.25, 0.3) is 0 Å². The molecule has 0 aromatic heterocycles. The molecule has 1 aliphatic heterocycles. The number of esters is 1. The summed E-state index contributed by atoms with van der Waals surface area (Å²) in [5.74, 6) is -3.05. The van der Waals surface area contributed by atoms with Crippen LogP contribution >= 0.6 is 0 Å². The summed E-state index contributed by atoms with van der Waals surface area (Å²) in [6.07, 6.45) is 6.81. The van der Waals surface area contributed by atoms with E-state index in [9.17, 15) is 36.7 Å². The van der Waals surface area contributed by atoms with Crippen molar-refractivity contribution in [2.24, 2.45) is 22.7 Å². The van der Waals surface area contributed by atoms with E-state index < -0.39 is 34.1 Å². The molecule has 1 heterocycles. The average Bonchev–Trinajstić information content (AvgIpc) is 3.31. The minimum absolute atomic E-state index is 0.0677. The fourth-order valence-corrected chi connectivity index (χ4v) is 7.50. The van der Waals surface area contributed by atoms with Crippen LogP contribution in [0.5, 0.6) is 0 Å². The Hall–Kier alpha value is -3.76. The van der Waals surface area contributed by atoms with Gasteiger partial charge in [-0.25, -0.2) is 17.6 Å². The summed E-state index contributed by atoms with van der Waals surface area (Å²) in [6, 6.07) is 6.39. The zero-order valence-corrected chi connectivity index (χ0v) is 27.3. The molecule has 1 N–H and O–H groups in total. The van der Waals surface area contributed by atoms with Crippen molar-refractivity contribution < 1.29 is 41.5 Å². The molecule has 1 amide bonds. The quantitative estimate of drug-likeness (QED) is 0.221. The summed E-state index contributed by atoms with van der Waals surface area (Å²) in [6.45, 7) is 5.99. The highest BCUT2D eigenvalue weighted by Gasteiger charge is 2.50. The third-order valence-corrected chi connectivity index (χ3v) is 10.0. The van der Waals surface area contributed by atoms with E-state index in [1.54, 1.807) is 20.8 Å². The lowest BCUT2D eigenvalue weighted by atomic mass is 9.67. The van der Waals surface area contributed by atoms with Crippen LogP contribution in [0, 0.1) is 45.9 Å². The standard InChI is InChI=1S/C19H25F2NO3.C17H19F2NO2/c1-3-25-18(24)19(6-4-5-14(12-19)13(2)23)7-8-22-17-10-15(20)9-16(21)11-17;1-11(21)12-3-2-4-17(10-12)5-6-20(16(17)22)15-8-13(18)7-14(19)9-15/h9-11,14,22H,3-8,12H2,1-2H3;7-9,12H,2-6,10H2,1H3/t14-,19+;12-,17-/m10/s1. The van der Waals surface area contributed by atoms with Crippen molar-refractivity contribution in [1.82, 2.24) is 0 Å². The molecule has 1 saturated heterocycles. The molecule has 3 fully saturated rings. The van der Waals surface area contributed by atoms with E-state index in [4.69, 9.17) is 4.74 Å². The molecule has 2 saturated carbocycles. The van der Waals surface area contributed by atoms with Crippen molar-refractivity contribution in [2.75, 3.05) is 29.9 Å². The first-order valence-corrected chi connectivity index (χ1v) is 16.4. The van der Waals surface area contributed by atoms with Crippen molar-refractivity contribution in [2.45, 2.75) is 85.0 Å². The Morgan fingerprint density at radius 1 is 0.830 bits per heavy atom. The average molecular weight is 661 g/mol. The summed E-state index contributed by atoms with van der Waals surface area (Å²) >= 11 is 0. The Morgan fingerprint density at radius 3 is 1.96 bits per heavy atom. The van der Waals surface area contributed by atoms with E-state index in [-0.39, 0.29) is 47.6 Å². The van der Waals surface area contributed by atoms with Gasteiger partial charge < -0.3 is 15.0 Å². The van der Waals surface area contributed by atoms with Gasteiger partial charge in [0.05, 0.1) is 17.4 Å². The minimum atomic E-state index is -0.719. The van der Waals surface area contributed by atoms with Crippen molar-refractivity contribution in [1.29, 1.82) is 0 Å². The van der Waals surface area contributed by atoms with Crippen molar-refractivity contribution in [3.05, 3.63) is 59.7 Å². The summed E-state index contributed by atoms with van der Waals surface area (Å²) in [7, 11) is 0. The zero-order valence-electron chi connectivity index (χ0n) is 27.3. The van der Waals surface area contributed by atoms with Crippen LogP contribution in [0.3, 0.4) is 0 Å². The molecule has 5 rings (SSSR count). The van der Waals surface area contributed by atoms with Crippen LogP contribution in [0.4, 0.5) is 28.9 Å². The van der Waals surface area contributed by atoms with Crippen LogP contribution in [0.25, 0.3) is 0 Å². The Balaban J connectivity index is 0.000000214. The molecule has 0 radical (unpaired) electrons. The second kappa shape index (κ2) is 15.4. The number of ether oxygens (including phenoxy) is 1. The lowest BCUT2D eigenvalue weighted by Crippen LogP contribution is -2.40. The second-order valence-electron chi connectivity index (χ2n) is 13.3. The number of benzene rings is 2. The van der Waals surface area contributed by atoms with Crippen molar-refractivity contribution in [3.63, 3.8) is 0 Å². The van der Waals surface area contributed by atoms with E-state index in [0.29, 0.717) is 50.9 Å². The van der Waals surface area contributed by atoms with E-state index in [0.717, 1.165) is 44.2 Å². The van der Waals surface area contributed by atoms with Gasteiger partial charge >= 0.3 is 5.97 Å². The third kappa shape index (κ3) is 8.78. The van der Waals surface area contributed by atoms with E-state index in [1.165, 1.54) is 29.2 Å². The van der Waals surface area contributed by atoms with Crippen LogP contribution in [0.15, 0.2) is 36.4 Å². The summed E-state index contributed by atoms with van der Waals surface area (Å²) in [4.78, 5) is 50.3. The first-order valence-electron chi connectivity index (χ1n) is 16.4. The first-order chi connectivity index (χ1) is 22.3. The number of rotatable bonds is 9. The molecule has 7 nitrogen and oxygen atoms in total. The van der Waals surface area contributed by atoms with Crippen LogP contribution < -0.4 is 10.2 Å². The molecule has 47 heavy (non-hydrogen) atoms. The zero-order chi connectivity index (χ0) is 34.4. The molecule has 1 spiro atoms. The monoisotopic (exact) mass is 660 g/mol. The van der Waals surface area contributed by atoms with Gasteiger partial charge in [0.2, 0.25) is 5.91 Å². The predicted molar refractivity (Wildman–Crippen MR) is 170 cm³/mol. The number of Topliss-reactive ketones (excluding diaryl/α,β-unsaturated/α-hetero) is 2. The van der Waals surface area contributed by atoms with Crippen LogP contribution in [-0.2, 0) is 23.9 Å². The highest BCUT2D eigenvalue weighted by atomic mass is 19.1. The van der Waals surface area contributed by atoms with Gasteiger partial charge in [0.15, 0.2) is 0 Å². The Labute approximate surface area is 273 Å². The normalized spacial score (nSPS) is 25.6. The maximum Gasteiger partial charge on any atom is 0.312 e. The lowest BCUT2D eigenvalue weighted by molar-refractivity contribution is -0.159. The molecule has 2 aromatic rings. The number of amides is 1. The largest absolute Gasteiger partial charge is 0.466 e. The third-order valence-electron chi connectivity index (χ3n) is 10.0. The van der Waals surface area contributed by atoms with Crippen LogP contribution in [0.2, 0.25) is 0 Å². The number of anilines is 2. The molecular formula is C36H44F4N2O5. The van der Waals surface area contributed by atoms with Crippen molar-refractivity contribution in [3.8, 4) is 0 Å². The molecule has 0 bridgehead atoms. The Bertz CT molecular complexity index is 1440. The topological polar surface area (TPSA) is 92.8 Å². The van der Waals surface area contributed by atoms with Gasteiger partial charge in [-0.2, -0.15) is 0 Å². The summed E-state index contributed by atoms with van der Waals surface area (Å²) in [5, 5.41) is 2.97. The summed E-state index contributed by atoms with van der Waals surface area (Å²) < 4.78 is 58.6. The fraction of sp³-hybridized carbons (Fsp3) is 0.556. The van der Waals surface area contributed by atoms with Gasteiger partial charge in [-0.3, -0.25) is 19.2 Å².